The summed E-state index contributed by atoms with van der Waals surface area (Å²) in [7, 11) is 1.76. The summed E-state index contributed by atoms with van der Waals surface area (Å²) in [4.78, 5) is 2.51. The lowest BCUT2D eigenvalue weighted by Gasteiger charge is -2.39. The third kappa shape index (κ3) is 4.52. The number of methoxy groups -OCH3 is 1. The topological polar surface area (TPSA) is 32.7 Å². The molecule has 0 aromatic rings. The first-order valence-corrected chi connectivity index (χ1v) is 7.67. The number of nitrogens with zero attached hydrogens (tertiary/aromatic N) is 1. The minimum Gasteiger partial charge on any atom is -0.391 e. The Morgan fingerprint density at radius 3 is 2.44 bits per heavy atom. The van der Waals surface area contributed by atoms with Crippen LogP contribution < -0.4 is 0 Å². The van der Waals surface area contributed by atoms with E-state index in [0.717, 1.165) is 38.8 Å². The Labute approximate surface area is 113 Å². The predicted molar refractivity (Wildman–Crippen MR) is 75.8 cm³/mol. The highest BCUT2D eigenvalue weighted by Crippen LogP contribution is 2.25. The van der Waals surface area contributed by atoms with Crippen LogP contribution >= 0.6 is 0 Å². The Balaban J connectivity index is 2.71. The molecule has 0 spiro atoms. The minimum absolute atomic E-state index is 0.148. The number of aliphatic hydroxyl groups is 1. The fourth-order valence-electron chi connectivity index (χ4n) is 3.23. The second kappa shape index (κ2) is 8.89. The lowest BCUT2D eigenvalue weighted by molar-refractivity contribution is 0.00358. The van der Waals surface area contributed by atoms with E-state index in [9.17, 15) is 5.11 Å². The monoisotopic (exact) mass is 257 g/mol. The second-order valence-corrected chi connectivity index (χ2v) is 5.47. The van der Waals surface area contributed by atoms with Crippen LogP contribution in [0.5, 0.6) is 0 Å². The highest BCUT2D eigenvalue weighted by Gasteiger charge is 2.30. The maximum absolute atomic E-state index is 10.4. The summed E-state index contributed by atoms with van der Waals surface area (Å²) < 4.78 is 5.25. The van der Waals surface area contributed by atoms with Crippen molar-refractivity contribution in [2.24, 2.45) is 0 Å². The molecular formula is C15H31NO2. The van der Waals surface area contributed by atoms with Crippen LogP contribution in [0.25, 0.3) is 0 Å². The molecule has 1 aliphatic rings. The van der Waals surface area contributed by atoms with Crippen molar-refractivity contribution in [2.75, 3.05) is 20.3 Å². The number of rotatable bonds is 7. The average molecular weight is 257 g/mol. The van der Waals surface area contributed by atoms with E-state index in [0.29, 0.717) is 12.1 Å². The van der Waals surface area contributed by atoms with Crippen LogP contribution in [0.3, 0.4) is 0 Å². The number of hydrogen-bond donors (Lipinski definition) is 1. The highest BCUT2D eigenvalue weighted by atomic mass is 16.5. The van der Waals surface area contributed by atoms with Crippen molar-refractivity contribution in [3.05, 3.63) is 0 Å². The Bertz CT molecular complexity index is 207. The van der Waals surface area contributed by atoms with Crippen LogP contribution in [0.15, 0.2) is 0 Å². The molecule has 0 saturated heterocycles. The van der Waals surface area contributed by atoms with Gasteiger partial charge in [0.05, 0.1) is 12.7 Å². The maximum Gasteiger partial charge on any atom is 0.0695 e. The van der Waals surface area contributed by atoms with E-state index < -0.39 is 0 Å². The summed E-state index contributed by atoms with van der Waals surface area (Å²) in [5.41, 5.74) is 0. The Morgan fingerprint density at radius 1 is 1.17 bits per heavy atom. The van der Waals surface area contributed by atoms with Gasteiger partial charge in [0.25, 0.3) is 0 Å². The molecule has 0 amide bonds. The molecule has 108 valence electrons. The minimum atomic E-state index is -0.148. The van der Waals surface area contributed by atoms with Crippen molar-refractivity contribution in [1.29, 1.82) is 0 Å². The summed E-state index contributed by atoms with van der Waals surface area (Å²) in [6.07, 6.45) is 7.98. The predicted octanol–water partition coefficient (Wildman–Crippen LogP) is 2.82. The summed E-state index contributed by atoms with van der Waals surface area (Å²) in [5.74, 6) is 0. The molecule has 1 aliphatic carbocycles. The van der Waals surface area contributed by atoms with E-state index in [-0.39, 0.29) is 6.10 Å². The normalized spacial score (nSPS) is 25.7. The zero-order chi connectivity index (χ0) is 13.4. The fraction of sp³-hybridized carbons (Fsp3) is 1.00. The molecule has 1 fully saturated rings. The first-order valence-electron chi connectivity index (χ1n) is 7.67. The van der Waals surface area contributed by atoms with Crippen LogP contribution in [0.4, 0.5) is 0 Å². The van der Waals surface area contributed by atoms with E-state index in [1.54, 1.807) is 7.11 Å². The van der Waals surface area contributed by atoms with Crippen LogP contribution in [-0.2, 0) is 4.74 Å². The van der Waals surface area contributed by atoms with Gasteiger partial charge in [-0.15, -0.1) is 0 Å². The summed E-state index contributed by atoms with van der Waals surface area (Å²) in [6.45, 7) is 6.21. The van der Waals surface area contributed by atoms with Gasteiger partial charge in [-0.25, -0.2) is 0 Å². The maximum atomic E-state index is 10.4. The third-order valence-electron chi connectivity index (χ3n) is 4.34. The lowest BCUT2D eigenvalue weighted by Crippen LogP contribution is -2.49. The molecule has 1 N–H and O–H groups in total. The quantitative estimate of drug-likeness (QED) is 0.712. The summed E-state index contributed by atoms with van der Waals surface area (Å²) >= 11 is 0. The molecule has 0 aromatic carbocycles. The van der Waals surface area contributed by atoms with Crippen LogP contribution in [0, 0.1) is 0 Å². The van der Waals surface area contributed by atoms with Crippen molar-refractivity contribution >= 4 is 0 Å². The number of hydrogen-bond acceptors (Lipinski definition) is 3. The van der Waals surface area contributed by atoms with Crippen LogP contribution in [0.1, 0.15) is 58.8 Å². The van der Waals surface area contributed by atoms with Gasteiger partial charge in [0.1, 0.15) is 0 Å². The van der Waals surface area contributed by atoms with E-state index in [1.807, 2.05) is 0 Å². The first-order chi connectivity index (χ1) is 8.74. The Kier molecular flexibility index (Phi) is 7.87. The van der Waals surface area contributed by atoms with Gasteiger partial charge < -0.3 is 9.84 Å². The molecule has 0 aromatic heterocycles. The Hall–Kier alpha value is -0.120. The highest BCUT2D eigenvalue weighted by molar-refractivity contribution is 4.85. The summed E-state index contributed by atoms with van der Waals surface area (Å²) in [5, 5.41) is 10.4. The SMILES string of the molecule is CCC(CC)N(CCOC)C1CCCCCC1O. The van der Waals surface area contributed by atoms with Gasteiger partial charge in [-0.2, -0.15) is 0 Å². The molecule has 0 heterocycles. The van der Waals surface area contributed by atoms with E-state index in [1.165, 1.54) is 19.3 Å². The van der Waals surface area contributed by atoms with Gasteiger partial charge in [-0.3, -0.25) is 4.90 Å². The molecular weight excluding hydrogens is 226 g/mol. The molecule has 18 heavy (non-hydrogen) atoms. The van der Waals surface area contributed by atoms with E-state index >= 15 is 0 Å². The molecule has 2 unspecified atom stereocenters. The third-order valence-corrected chi connectivity index (χ3v) is 4.34. The van der Waals surface area contributed by atoms with Crippen molar-refractivity contribution in [1.82, 2.24) is 4.90 Å². The van der Waals surface area contributed by atoms with Crippen molar-refractivity contribution in [2.45, 2.75) is 77.0 Å². The van der Waals surface area contributed by atoms with Crippen molar-refractivity contribution < 1.29 is 9.84 Å². The standard InChI is InChI=1S/C15H31NO2/c1-4-13(5-2)16(11-12-18-3)14-9-7-6-8-10-15(14)17/h13-15,17H,4-12H2,1-3H3. The Morgan fingerprint density at radius 2 is 1.83 bits per heavy atom. The van der Waals surface area contributed by atoms with Crippen LogP contribution in [-0.4, -0.2) is 48.5 Å². The molecule has 0 bridgehead atoms. The van der Waals surface area contributed by atoms with E-state index in [4.69, 9.17) is 4.74 Å². The van der Waals surface area contributed by atoms with Gasteiger partial charge in [0.2, 0.25) is 0 Å². The molecule has 1 rings (SSSR count). The zero-order valence-corrected chi connectivity index (χ0v) is 12.4. The van der Waals surface area contributed by atoms with Crippen LogP contribution in [0.2, 0.25) is 0 Å². The molecule has 1 saturated carbocycles. The smallest absolute Gasteiger partial charge is 0.0695 e. The molecule has 0 radical (unpaired) electrons. The van der Waals surface area contributed by atoms with Gasteiger partial charge in [0, 0.05) is 25.7 Å². The molecule has 3 nitrogen and oxygen atoms in total. The number of aliphatic hydroxyl groups excluding tert-OH is 1. The van der Waals surface area contributed by atoms with Gasteiger partial charge in [-0.1, -0.05) is 33.1 Å². The largest absolute Gasteiger partial charge is 0.391 e. The lowest BCUT2D eigenvalue weighted by atomic mass is 9.99. The summed E-state index contributed by atoms with van der Waals surface area (Å²) in [6, 6.07) is 0.922. The second-order valence-electron chi connectivity index (χ2n) is 5.47. The molecule has 2 atom stereocenters. The average Bonchev–Trinajstić information content (AvgIpc) is 2.59. The molecule has 0 aliphatic heterocycles. The fourth-order valence-corrected chi connectivity index (χ4v) is 3.23. The number of ether oxygens (including phenoxy) is 1. The van der Waals surface area contributed by atoms with Gasteiger partial charge in [0.15, 0.2) is 0 Å². The van der Waals surface area contributed by atoms with Crippen molar-refractivity contribution in [3.63, 3.8) is 0 Å². The molecule has 3 heteroatoms. The van der Waals surface area contributed by atoms with Gasteiger partial charge >= 0.3 is 0 Å². The van der Waals surface area contributed by atoms with Crippen molar-refractivity contribution in [3.8, 4) is 0 Å². The first kappa shape index (κ1) is 15.9. The zero-order valence-electron chi connectivity index (χ0n) is 12.4. The van der Waals surface area contributed by atoms with Gasteiger partial charge in [-0.05, 0) is 25.7 Å². The van der Waals surface area contributed by atoms with E-state index in [2.05, 4.69) is 18.7 Å².